The molecule has 12 heavy (non-hydrogen) atoms. The van der Waals surface area contributed by atoms with Crippen molar-refractivity contribution >= 4 is 0 Å². The summed E-state index contributed by atoms with van der Waals surface area (Å²) in [7, 11) is 0. The first-order valence-electron chi connectivity index (χ1n) is 4.91. The first-order valence-corrected chi connectivity index (χ1v) is 4.91. The molecule has 0 aliphatic carbocycles. The van der Waals surface area contributed by atoms with Crippen LogP contribution in [-0.2, 0) is 4.74 Å². The third-order valence-corrected chi connectivity index (χ3v) is 2.66. The summed E-state index contributed by atoms with van der Waals surface area (Å²) in [5.74, 6) is 0.664. The van der Waals surface area contributed by atoms with Crippen molar-refractivity contribution in [3.63, 3.8) is 0 Å². The minimum atomic E-state index is 0.221. The maximum atomic E-state index is 8.68. The fourth-order valence-corrected chi connectivity index (χ4v) is 1.46. The molecule has 1 aliphatic heterocycles. The van der Waals surface area contributed by atoms with E-state index >= 15 is 0 Å². The van der Waals surface area contributed by atoms with E-state index < -0.39 is 0 Å². The van der Waals surface area contributed by atoms with Crippen molar-refractivity contribution < 1.29 is 9.84 Å². The summed E-state index contributed by atoms with van der Waals surface area (Å²) >= 11 is 0. The third kappa shape index (κ3) is 3.55. The predicted molar refractivity (Wildman–Crippen MR) is 49.1 cm³/mol. The van der Waals surface area contributed by atoms with Crippen LogP contribution < -0.4 is 0 Å². The number of epoxide rings is 1. The average molecular weight is 172 g/mol. The van der Waals surface area contributed by atoms with Gasteiger partial charge in [-0.05, 0) is 25.7 Å². The van der Waals surface area contributed by atoms with Crippen LogP contribution in [0, 0.1) is 5.92 Å². The van der Waals surface area contributed by atoms with Gasteiger partial charge in [0.15, 0.2) is 0 Å². The lowest BCUT2D eigenvalue weighted by molar-refractivity contribution is 0.250. The van der Waals surface area contributed by atoms with E-state index in [2.05, 4.69) is 13.8 Å². The molecule has 2 atom stereocenters. The number of rotatable bonds is 6. The van der Waals surface area contributed by atoms with Crippen LogP contribution in [0.25, 0.3) is 0 Å². The molecule has 0 bridgehead atoms. The maximum Gasteiger partial charge on any atom is 0.0888 e. The van der Waals surface area contributed by atoms with Crippen LogP contribution in [0.4, 0.5) is 0 Å². The van der Waals surface area contributed by atoms with Gasteiger partial charge in [-0.15, -0.1) is 0 Å². The lowest BCUT2D eigenvalue weighted by Gasteiger charge is -2.10. The second kappa shape index (κ2) is 4.24. The van der Waals surface area contributed by atoms with Crippen LogP contribution in [0.5, 0.6) is 0 Å². The quantitative estimate of drug-likeness (QED) is 0.621. The molecular weight excluding hydrogens is 152 g/mol. The summed E-state index contributed by atoms with van der Waals surface area (Å²) in [5.41, 5.74) is 0.221. The molecule has 0 aromatic rings. The normalized spacial score (nSPS) is 30.2. The zero-order valence-electron chi connectivity index (χ0n) is 8.18. The van der Waals surface area contributed by atoms with Gasteiger partial charge in [0.25, 0.3) is 0 Å². The molecule has 1 aliphatic rings. The monoisotopic (exact) mass is 172 g/mol. The Bertz CT molecular complexity index is 130. The van der Waals surface area contributed by atoms with E-state index in [4.69, 9.17) is 9.84 Å². The summed E-state index contributed by atoms with van der Waals surface area (Å²) in [5, 5.41) is 8.68. The molecule has 2 nitrogen and oxygen atoms in total. The van der Waals surface area contributed by atoms with E-state index in [1.54, 1.807) is 0 Å². The number of hydrogen-bond acceptors (Lipinski definition) is 2. The molecule has 0 radical (unpaired) electrons. The Balaban J connectivity index is 1.94. The molecule has 0 aromatic heterocycles. The largest absolute Gasteiger partial charge is 0.396 e. The molecule has 2 unspecified atom stereocenters. The Kier molecular flexibility index (Phi) is 3.53. The summed E-state index contributed by atoms with van der Waals surface area (Å²) in [6, 6.07) is 0. The molecule has 0 spiro atoms. The SMILES string of the molecule is CC(CCO)CCCC1(C)CO1. The van der Waals surface area contributed by atoms with E-state index in [0.717, 1.165) is 13.0 Å². The fraction of sp³-hybridized carbons (Fsp3) is 1.00. The number of aliphatic hydroxyl groups is 1. The van der Waals surface area contributed by atoms with Crippen molar-refractivity contribution in [1.29, 1.82) is 0 Å². The lowest BCUT2D eigenvalue weighted by Crippen LogP contribution is -2.05. The highest BCUT2D eigenvalue weighted by Crippen LogP contribution is 2.32. The first-order chi connectivity index (χ1) is 5.66. The summed E-state index contributed by atoms with van der Waals surface area (Å²) in [6.07, 6.45) is 4.58. The van der Waals surface area contributed by atoms with Crippen LogP contribution >= 0.6 is 0 Å². The van der Waals surface area contributed by atoms with Gasteiger partial charge in [0.05, 0.1) is 12.2 Å². The summed E-state index contributed by atoms with van der Waals surface area (Å²) in [4.78, 5) is 0. The van der Waals surface area contributed by atoms with E-state index in [9.17, 15) is 0 Å². The van der Waals surface area contributed by atoms with Crippen molar-refractivity contribution in [2.45, 2.75) is 45.1 Å². The summed E-state index contributed by atoms with van der Waals surface area (Å²) in [6.45, 7) is 5.65. The van der Waals surface area contributed by atoms with E-state index in [1.807, 2.05) is 0 Å². The highest BCUT2D eigenvalue weighted by atomic mass is 16.6. The Labute approximate surface area is 74.9 Å². The lowest BCUT2D eigenvalue weighted by atomic mass is 9.97. The molecule has 1 fully saturated rings. The molecule has 0 amide bonds. The van der Waals surface area contributed by atoms with Gasteiger partial charge in [-0.1, -0.05) is 19.8 Å². The Hall–Kier alpha value is -0.0800. The molecule has 1 heterocycles. The van der Waals surface area contributed by atoms with Crippen molar-refractivity contribution in [2.75, 3.05) is 13.2 Å². The van der Waals surface area contributed by atoms with Crippen LogP contribution in [0.2, 0.25) is 0 Å². The van der Waals surface area contributed by atoms with Gasteiger partial charge in [-0.3, -0.25) is 0 Å². The van der Waals surface area contributed by atoms with E-state index in [0.29, 0.717) is 12.5 Å². The molecule has 2 heteroatoms. The Morgan fingerprint density at radius 1 is 1.50 bits per heavy atom. The molecule has 1 rings (SSSR count). The van der Waals surface area contributed by atoms with Crippen LogP contribution in [-0.4, -0.2) is 23.9 Å². The highest BCUT2D eigenvalue weighted by molar-refractivity contribution is 4.86. The van der Waals surface area contributed by atoms with Crippen molar-refractivity contribution in [1.82, 2.24) is 0 Å². The highest BCUT2D eigenvalue weighted by Gasteiger charge is 2.38. The fourth-order valence-electron chi connectivity index (χ4n) is 1.46. The zero-order valence-corrected chi connectivity index (χ0v) is 8.18. The van der Waals surface area contributed by atoms with Crippen molar-refractivity contribution in [2.24, 2.45) is 5.92 Å². The predicted octanol–water partition coefficient (Wildman–Crippen LogP) is 1.96. The topological polar surface area (TPSA) is 32.8 Å². The van der Waals surface area contributed by atoms with Gasteiger partial charge in [-0.2, -0.15) is 0 Å². The zero-order chi connectivity index (χ0) is 9.03. The second-order valence-corrected chi connectivity index (χ2v) is 4.25. The number of ether oxygens (including phenoxy) is 1. The molecule has 1 N–H and O–H groups in total. The Morgan fingerprint density at radius 2 is 2.17 bits per heavy atom. The van der Waals surface area contributed by atoms with Gasteiger partial charge >= 0.3 is 0 Å². The van der Waals surface area contributed by atoms with Gasteiger partial charge in [0, 0.05) is 6.61 Å². The van der Waals surface area contributed by atoms with Gasteiger partial charge in [0.2, 0.25) is 0 Å². The first kappa shape index (κ1) is 10.0. The minimum absolute atomic E-state index is 0.221. The molecule has 1 saturated heterocycles. The molecular formula is C10H20O2. The number of aliphatic hydroxyl groups excluding tert-OH is 1. The van der Waals surface area contributed by atoms with Gasteiger partial charge in [0.1, 0.15) is 0 Å². The molecule has 0 aromatic carbocycles. The van der Waals surface area contributed by atoms with Crippen molar-refractivity contribution in [3.8, 4) is 0 Å². The van der Waals surface area contributed by atoms with Crippen LogP contribution in [0.15, 0.2) is 0 Å². The van der Waals surface area contributed by atoms with E-state index in [1.165, 1.54) is 19.3 Å². The maximum absolute atomic E-state index is 8.68. The van der Waals surface area contributed by atoms with Crippen LogP contribution in [0.1, 0.15) is 39.5 Å². The standard InChI is InChI=1S/C10H20O2/c1-9(5-7-11)4-3-6-10(2)8-12-10/h9,11H,3-8H2,1-2H3. The second-order valence-electron chi connectivity index (χ2n) is 4.25. The molecule has 0 saturated carbocycles. The van der Waals surface area contributed by atoms with Gasteiger partial charge < -0.3 is 9.84 Å². The van der Waals surface area contributed by atoms with Gasteiger partial charge in [-0.25, -0.2) is 0 Å². The average Bonchev–Trinajstić information content (AvgIpc) is 2.69. The van der Waals surface area contributed by atoms with Crippen molar-refractivity contribution in [3.05, 3.63) is 0 Å². The Morgan fingerprint density at radius 3 is 2.67 bits per heavy atom. The number of hydrogen-bond donors (Lipinski definition) is 1. The third-order valence-electron chi connectivity index (χ3n) is 2.66. The minimum Gasteiger partial charge on any atom is -0.396 e. The summed E-state index contributed by atoms with van der Waals surface area (Å²) < 4.78 is 5.29. The van der Waals surface area contributed by atoms with Crippen LogP contribution in [0.3, 0.4) is 0 Å². The van der Waals surface area contributed by atoms with E-state index in [-0.39, 0.29) is 5.60 Å². The molecule has 72 valence electrons. The smallest absolute Gasteiger partial charge is 0.0888 e.